The molecule has 3 amide bonds. The average molecular weight is 474 g/mol. The number of nitrogens with one attached hydrogen (secondary N) is 1. The number of ether oxygens (including phenoxy) is 2. The minimum absolute atomic E-state index is 0.0161. The van der Waals surface area contributed by atoms with Gasteiger partial charge in [-0.3, -0.25) is 14.4 Å². The average Bonchev–Trinajstić information content (AvgIpc) is 3.34. The zero-order valence-corrected chi connectivity index (χ0v) is 19.9. The van der Waals surface area contributed by atoms with Crippen molar-refractivity contribution in [2.75, 3.05) is 47.0 Å². The van der Waals surface area contributed by atoms with Crippen LogP contribution in [0.4, 0.5) is 0 Å². The van der Waals surface area contributed by atoms with E-state index in [0.717, 1.165) is 16.2 Å². The van der Waals surface area contributed by atoms with Crippen molar-refractivity contribution in [3.63, 3.8) is 0 Å². The molecule has 3 rings (SSSR count). The third-order valence-corrected chi connectivity index (χ3v) is 6.57. The van der Waals surface area contributed by atoms with Crippen molar-refractivity contribution < 1.29 is 23.9 Å². The second kappa shape index (κ2) is 12.4. The standard InChI is InChI=1S/C24H31N3O5S/c1-31-14-13-26-17-23(29)27(12-10-20-4-3-15-33-20)21(24(26)30)16-22(28)25-11-9-18-5-7-19(32-2)8-6-18/h3-8,15,21H,9-14,16-17H2,1-2H3,(H,25,28). The van der Waals surface area contributed by atoms with Crippen LogP contribution in [0, 0.1) is 0 Å². The molecule has 0 radical (unpaired) electrons. The molecular weight excluding hydrogens is 442 g/mol. The Morgan fingerprint density at radius 3 is 2.58 bits per heavy atom. The summed E-state index contributed by atoms with van der Waals surface area (Å²) in [7, 11) is 3.17. The Morgan fingerprint density at radius 1 is 1.12 bits per heavy atom. The van der Waals surface area contributed by atoms with E-state index in [2.05, 4.69) is 5.32 Å². The van der Waals surface area contributed by atoms with Gasteiger partial charge < -0.3 is 24.6 Å². The van der Waals surface area contributed by atoms with Crippen LogP contribution in [-0.4, -0.2) is 80.6 Å². The molecule has 1 atom stereocenters. The van der Waals surface area contributed by atoms with Gasteiger partial charge in [-0.1, -0.05) is 18.2 Å². The van der Waals surface area contributed by atoms with Crippen LogP contribution in [0.25, 0.3) is 0 Å². The van der Waals surface area contributed by atoms with Gasteiger partial charge in [0.2, 0.25) is 17.7 Å². The van der Waals surface area contributed by atoms with Crippen molar-refractivity contribution in [3.8, 4) is 5.75 Å². The number of methoxy groups -OCH3 is 2. The van der Waals surface area contributed by atoms with Gasteiger partial charge in [0.25, 0.3) is 0 Å². The van der Waals surface area contributed by atoms with E-state index in [-0.39, 0.29) is 30.7 Å². The fourth-order valence-corrected chi connectivity index (χ4v) is 4.49. The largest absolute Gasteiger partial charge is 0.497 e. The Labute approximate surface area is 198 Å². The van der Waals surface area contributed by atoms with E-state index in [0.29, 0.717) is 39.1 Å². The second-order valence-corrected chi connectivity index (χ2v) is 8.87. The zero-order chi connectivity index (χ0) is 23.6. The molecule has 9 heteroatoms. The number of benzene rings is 1. The summed E-state index contributed by atoms with van der Waals surface area (Å²) >= 11 is 1.61. The van der Waals surface area contributed by atoms with Crippen LogP contribution in [0.2, 0.25) is 0 Å². The molecule has 1 saturated heterocycles. The molecule has 1 N–H and O–H groups in total. The van der Waals surface area contributed by atoms with Crippen LogP contribution in [0.1, 0.15) is 16.9 Å². The monoisotopic (exact) mass is 473 g/mol. The van der Waals surface area contributed by atoms with Crippen molar-refractivity contribution in [2.24, 2.45) is 0 Å². The Morgan fingerprint density at radius 2 is 1.91 bits per heavy atom. The lowest BCUT2D eigenvalue weighted by Crippen LogP contribution is -2.61. The molecule has 1 aliphatic rings. The van der Waals surface area contributed by atoms with Gasteiger partial charge in [-0.15, -0.1) is 11.3 Å². The second-order valence-electron chi connectivity index (χ2n) is 7.84. The predicted molar refractivity (Wildman–Crippen MR) is 126 cm³/mol. The molecule has 0 spiro atoms. The number of rotatable bonds is 12. The summed E-state index contributed by atoms with van der Waals surface area (Å²) in [6.07, 6.45) is 1.26. The lowest BCUT2D eigenvalue weighted by atomic mass is 10.1. The summed E-state index contributed by atoms with van der Waals surface area (Å²) in [5.41, 5.74) is 1.07. The number of nitrogens with zero attached hydrogens (tertiary/aromatic N) is 2. The topological polar surface area (TPSA) is 88.2 Å². The maximum atomic E-state index is 13.1. The molecule has 2 aromatic rings. The van der Waals surface area contributed by atoms with E-state index in [1.807, 2.05) is 41.8 Å². The van der Waals surface area contributed by atoms with Gasteiger partial charge in [-0.05, 0) is 42.0 Å². The molecular formula is C24H31N3O5S. The molecule has 1 aromatic heterocycles. The molecule has 1 unspecified atom stereocenters. The molecule has 0 aliphatic carbocycles. The van der Waals surface area contributed by atoms with E-state index in [1.165, 1.54) is 4.90 Å². The first-order valence-electron chi connectivity index (χ1n) is 11.0. The van der Waals surface area contributed by atoms with Gasteiger partial charge in [0, 0.05) is 31.6 Å². The highest BCUT2D eigenvalue weighted by Crippen LogP contribution is 2.18. The van der Waals surface area contributed by atoms with Crippen molar-refractivity contribution in [1.82, 2.24) is 15.1 Å². The normalized spacial score (nSPS) is 16.2. The zero-order valence-electron chi connectivity index (χ0n) is 19.1. The van der Waals surface area contributed by atoms with Crippen molar-refractivity contribution >= 4 is 29.1 Å². The van der Waals surface area contributed by atoms with E-state index in [1.54, 1.807) is 30.5 Å². The molecule has 0 saturated carbocycles. The summed E-state index contributed by atoms with van der Waals surface area (Å²) in [6, 6.07) is 10.8. The van der Waals surface area contributed by atoms with Crippen molar-refractivity contribution in [3.05, 3.63) is 52.2 Å². The lowest BCUT2D eigenvalue weighted by Gasteiger charge is -2.40. The first-order valence-corrected chi connectivity index (χ1v) is 11.9. The molecule has 1 aromatic carbocycles. The van der Waals surface area contributed by atoms with E-state index in [9.17, 15) is 14.4 Å². The number of piperazine rings is 1. The molecule has 178 valence electrons. The predicted octanol–water partition coefficient (Wildman–Crippen LogP) is 1.73. The van der Waals surface area contributed by atoms with Gasteiger partial charge in [0.1, 0.15) is 11.8 Å². The van der Waals surface area contributed by atoms with Crippen molar-refractivity contribution in [1.29, 1.82) is 0 Å². The van der Waals surface area contributed by atoms with Gasteiger partial charge in [-0.25, -0.2) is 0 Å². The third-order valence-electron chi connectivity index (χ3n) is 5.64. The Kier molecular flexibility index (Phi) is 9.26. The fourth-order valence-electron chi connectivity index (χ4n) is 3.79. The Bertz CT molecular complexity index is 917. The summed E-state index contributed by atoms with van der Waals surface area (Å²) in [6.45, 7) is 1.54. The summed E-state index contributed by atoms with van der Waals surface area (Å²) in [4.78, 5) is 42.9. The Hall–Kier alpha value is -2.91. The van der Waals surface area contributed by atoms with Gasteiger partial charge in [0.15, 0.2) is 0 Å². The number of thiophene rings is 1. The van der Waals surface area contributed by atoms with Gasteiger partial charge in [-0.2, -0.15) is 0 Å². The number of hydrogen-bond donors (Lipinski definition) is 1. The van der Waals surface area contributed by atoms with E-state index in [4.69, 9.17) is 9.47 Å². The highest BCUT2D eigenvalue weighted by atomic mass is 32.1. The smallest absolute Gasteiger partial charge is 0.246 e. The highest BCUT2D eigenvalue weighted by molar-refractivity contribution is 7.09. The highest BCUT2D eigenvalue weighted by Gasteiger charge is 2.40. The van der Waals surface area contributed by atoms with E-state index >= 15 is 0 Å². The molecule has 8 nitrogen and oxygen atoms in total. The summed E-state index contributed by atoms with van der Waals surface area (Å²) in [5, 5.41) is 4.87. The SMILES string of the molecule is COCCN1CC(=O)N(CCc2cccs2)C(CC(=O)NCCc2ccc(OC)cc2)C1=O. The Balaban J connectivity index is 1.59. The minimum atomic E-state index is -0.802. The first-order chi connectivity index (χ1) is 16.0. The maximum Gasteiger partial charge on any atom is 0.246 e. The number of hydrogen-bond acceptors (Lipinski definition) is 6. The van der Waals surface area contributed by atoms with Crippen LogP contribution >= 0.6 is 11.3 Å². The van der Waals surface area contributed by atoms with Crippen LogP contribution in [0.15, 0.2) is 41.8 Å². The lowest BCUT2D eigenvalue weighted by molar-refractivity contribution is -0.157. The number of amides is 3. The fraction of sp³-hybridized carbons (Fsp3) is 0.458. The molecule has 1 fully saturated rings. The summed E-state index contributed by atoms with van der Waals surface area (Å²) in [5.74, 6) is 0.190. The number of carbonyl (C=O) groups excluding carboxylic acids is 3. The first kappa shape index (κ1) is 24.7. The van der Waals surface area contributed by atoms with Crippen LogP contribution in [-0.2, 0) is 32.0 Å². The summed E-state index contributed by atoms with van der Waals surface area (Å²) < 4.78 is 10.2. The van der Waals surface area contributed by atoms with Crippen LogP contribution in [0.3, 0.4) is 0 Å². The quantitative estimate of drug-likeness (QED) is 0.507. The van der Waals surface area contributed by atoms with E-state index < -0.39 is 6.04 Å². The maximum absolute atomic E-state index is 13.1. The number of carbonyl (C=O) groups is 3. The molecule has 2 heterocycles. The van der Waals surface area contributed by atoms with Crippen LogP contribution in [0.5, 0.6) is 5.75 Å². The molecule has 1 aliphatic heterocycles. The molecule has 33 heavy (non-hydrogen) atoms. The molecule has 0 bridgehead atoms. The van der Waals surface area contributed by atoms with Crippen LogP contribution < -0.4 is 10.1 Å². The van der Waals surface area contributed by atoms with Gasteiger partial charge >= 0.3 is 0 Å². The van der Waals surface area contributed by atoms with Crippen molar-refractivity contribution in [2.45, 2.75) is 25.3 Å². The third kappa shape index (κ3) is 7.03. The minimum Gasteiger partial charge on any atom is -0.497 e. The van der Waals surface area contributed by atoms with Gasteiger partial charge in [0.05, 0.1) is 26.7 Å².